The number of amides is 1. The number of rotatable bonds is 14. The second-order valence-electron chi connectivity index (χ2n) is 12.6. The monoisotopic (exact) mass is 699 g/mol. The summed E-state index contributed by atoms with van der Waals surface area (Å²) in [5.74, 6) is 0.787. The van der Waals surface area contributed by atoms with Crippen molar-refractivity contribution in [2.45, 2.75) is 53.5 Å². The molecule has 0 saturated heterocycles. The molecule has 0 spiro atoms. The maximum Gasteiger partial charge on any atom is 0.207 e. The number of nitrogens with zero attached hydrogens (tertiary/aromatic N) is 3. The molecule has 2 heterocycles. The van der Waals surface area contributed by atoms with Crippen LogP contribution in [-0.4, -0.2) is 46.2 Å². The molecule has 0 aliphatic carbocycles. The average Bonchev–Trinajstić information content (AvgIpc) is 3.53. The number of hydrogen-bond donors (Lipinski definition) is 2. The van der Waals surface area contributed by atoms with Crippen LogP contribution in [0.4, 0.5) is 5.69 Å². The molecule has 256 valence electrons. The average molecular weight is 701 g/mol. The molecule has 2 aromatic heterocycles. The van der Waals surface area contributed by atoms with Crippen molar-refractivity contribution in [1.82, 2.24) is 19.7 Å². The van der Waals surface area contributed by atoms with Crippen molar-refractivity contribution in [3.8, 4) is 16.9 Å². The van der Waals surface area contributed by atoms with Gasteiger partial charge in [0, 0.05) is 59.5 Å². The number of hydrogen-bond acceptors (Lipinski definition) is 5. The van der Waals surface area contributed by atoms with E-state index in [0.717, 1.165) is 90.4 Å². The topological polar surface area (TPSA) is 90.2 Å². The molecule has 0 radical (unpaired) electrons. The van der Waals surface area contributed by atoms with Gasteiger partial charge in [0.25, 0.3) is 0 Å². The van der Waals surface area contributed by atoms with Crippen molar-refractivity contribution in [3.05, 3.63) is 97.9 Å². The number of allylic oxidation sites excluding steroid dienone is 1. The van der Waals surface area contributed by atoms with E-state index in [-0.39, 0.29) is 6.04 Å². The molecule has 1 amide bonds. The van der Waals surface area contributed by atoms with Gasteiger partial charge < -0.3 is 19.9 Å². The molecule has 1 atom stereocenters. The van der Waals surface area contributed by atoms with Crippen LogP contribution >= 0.6 is 23.2 Å². The van der Waals surface area contributed by atoms with Gasteiger partial charge in [-0.1, -0.05) is 47.5 Å². The van der Waals surface area contributed by atoms with E-state index in [1.54, 1.807) is 0 Å². The van der Waals surface area contributed by atoms with Gasteiger partial charge in [0.2, 0.25) is 6.41 Å². The largest absolute Gasteiger partial charge is 0.494 e. The van der Waals surface area contributed by atoms with E-state index in [1.165, 1.54) is 0 Å². The predicted molar refractivity (Wildman–Crippen MR) is 202 cm³/mol. The first-order valence-electron chi connectivity index (χ1n) is 16.4. The zero-order valence-corrected chi connectivity index (χ0v) is 30.6. The highest BCUT2D eigenvalue weighted by Gasteiger charge is 2.24. The van der Waals surface area contributed by atoms with Gasteiger partial charge in [0.1, 0.15) is 5.75 Å². The summed E-state index contributed by atoms with van der Waals surface area (Å²) in [4.78, 5) is 23.1. The molecule has 0 fully saturated rings. The lowest BCUT2D eigenvalue weighted by Crippen LogP contribution is -2.30. The van der Waals surface area contributed by atoms with Gasteiger partial charge in [-0.15, -0.1) is 0 Å². The Morgan fingerprint density at radius 1 is 1.00 bits per heavy atom. The van der Waals surface area contributed by atoms with Crippen molar-refractivity contribution in [2.75, 3.05) is 18.5 Å². The van der Waals surface area contributed by atoms with Crippen molar-refractivity contribution >= 4 is 64.1 Å². The first-order chi connectivity index (χ1) is 23.4. The minimum absolute atomic E-state index is 0.120. The number of para-hydroxylation sites is 1. The fourth-order valence-electron chi connectivity index (χ4n) is 6.51. The maximum absolute atomic E-state index is 11.9. The standard InChI is InChI=1S/C39H43Cl2N5O3/c1-23-16-32(17-24(2)37(23)41)49-15-9-12-28(18-29-10-8-11-30-19-31(21-47)45(6)39(29)30)33-13-14-34(40)36(35-26(4)44-46(7)27(35)5)38(33)43-25(3)20-42-22-48/h8,10-11,13-14,16-19,21-22,25,43H,9,12,15,20H2,1-7H3,(H,42,48)/b28-18+/t25-/m1/s1. The molecule has 2 N–H and O–H groups in total. The Labute approximate surface area is 298 Å². The second kappa shape index (κ2) is 15.3. The number of halogens is 2. The van der Waals surface area contributed by atoms with Crippen LogP contribution in [0, 0.1) is 27.7 Å². The number of fused-ring (bicyclic) bond motifs is 1. The zero-order chi connectivity index (χ0) is 35.4. The molecule has 49 heavy (non-hydrogen) atoms. The molecule has 3 aromatic carbocycles. The van der Waals surface area contributed by atoms with E-state index in [4.69, 9.17) is 33.0 Å². The van der Waals surface area contributed by atoms with Crippen LogP contribution in [0.3, 0.4) is 0 Å². The SMILES string of the molecule is Cc1cc(OCCC/C(=C\c2cccc3cc(C=O)n(C)c23)c2ccc(Cl)c(-c3c(C)nn(C)c3C)c2N[C@H](C)CNC=O)cc(C)c1Cl. The Hall–Kier alpha value is -4.53. The van der Waals surface area contributed by atoms with Crippen LogP contribution in [0.25, 0.3) is 33.7 Å². The number of aryl methyl sites for hydroxylation is 5. The van der Waals surface area contributed by atoms with E-state index < -0.39 is 0 Å². The van der Waals surface area contributed by atoms with Crippen molar-refractivity contribution < 1.29 is 14.3 Å². The van der Waals surface area contributed by atoms with Gasteiger partial charge in [0.15, 0.2) is 6.29 Å². The van der Waals surface area contributed by atoms with E-state index in [9.17, 15) is 9.59 Å². The van der Waals surface area contributed by atoms with Crippen LogP contribution in [0.15, 0.2) is 48.5 Å². The minimum atomic E-state index is -0.120. The minimum Gasteiger partial charge on any atom is -0.494 e. The molecule has 0 saturated carbocycles. The molecule has 0 aliphatic heterocycles. The summed E-state index contributed by atoms with van der Waals surface area (Å²) in [7, 11) is 3.84. The molecule has 0 aliphatic rings. The zero-order valence-electron chi connectivity index (χ0n) is 29.1. The van der Waals surface area contributed by atoms with Crippen molar-refractivity contribution in [3.63, 3.8) is 0 Å². The third-order valence-electron chi connectivity index (χ3n) is 9.00. The van der Waals surface area contributed by atoms with E-state index >= 15 is 0 Å². The Balaban J connectivity index is 1.66. The lowest BCUT2D eigenvalue weighted by molar-refractivity contribution is -0.109. The Morgan fingerprint density at radius 2 is 1.73 bits per heavy atom. The Bertz CT molecular complexity index is 2040. The second-order valence-corrected chi connectivity index (χ2v) is 13.4. The highest BCUT2D eigenvalue weighted by molar-refractivity contribution is 6.34. The van der Waals surface area contributed by atoms with Gasteiger partial charge in [-0.05, 0) is 100 Å². The molecule has 0 unspecified atom stereocenters. The van der Waals surface area contributed by atoms with Crippen LogP contribution in [0.2, 0.25) is 10.0 Å². The normalized spacial score (nSPS) is 12.3. The Kier molecular flexibility index (Phi) is 11.2. The molecule has 0 bridgehead atoms. The number of nitrogens with one attached hydrogen (secondary N) is 2. The van der Waals surface area contributed by atoms with E-state index in [1.807, 2.05) is 94.4 Å². The number of benzene rings is 3. The van der Waals surface area contributed by atoms with Gasteiger partial charge >= 0.3 is 0 Å². The fraction of sp³-hybridized carbons (Fsp3) is 0.308. The number of aromatic nitrogens is 3. The molecule has 8 nitrogen and oxygen atoms in total. The first-order valence-corrected chi connectivity index (χ1v) is 17.1. The summed E-state index contributed by atoms with van der Waals surface area (Å²) < 4.78 is 10.0. The smallest absolute Gasteiger partial charge is 0.207 e. The first kappa shape index (κ1) is 35.8. The van der Waals surface area contributed by atoms with Crippen LogP contribution in [-0.2, 0) is 18.9 Å². The molecule has 10 heteroatoms. The van der Waals surface area contributed by atoms with E-state index in [2.05, 4.69) is 28.8 Å². The third kappa shape index (κ3) is 7.56. The quantitative estimate of drug-likeness (QED) is 0.0687. The van der Waals surface area contributed by atoms with Crippen LogP contribution in [0.1, 0.15) is 63.9 Å². The molecule has 5 aromatic rings. The number of ether oxygens (including phenoxy) is 1. The number of aldehydes is 1. The summed E-state index contributed by atoms with van der Waals surface area (Å²) in [5.41, 5.74) is 11.1. The van der Waals surface area contributed by atoms with Crippen LogP contribution < -0.4 is 15.4 Å². The summed E-state index contributed by atoms with van der Waals surface area (Å²) in [6.07, 6.45) is 5.18. The van der Waals surface area contributed by atoms with Gasteiger partial charge in [-0.25, -0.2) is 0 Å². The highest BCUT2D eigenvalue weighted by atomic mass is 35.5. The third-order valence-corrected chi connectivity index (χ3v) is 9.91. The van der Waals surface area contributed by atoms with Gasteiger partial charge in [0.05, 0.1) is 34.2 Å². The van der Waals surface area contributed by atoms with Crippen molar-refractivity contribution in [2.24, 2.45) is 14.1 Å². The lowest BCUT2D eigenvalue weighted by Gasteiger charge is -2.24. The fourth-order valence-corrected chi connectivity index (χ4v) is 6.87. The Morgan fingerprint density at radius 3 is 2.39 bits per heavy atom. The molecular weight excluding hydrogens is 657 g/mol. The lowest BCUT2D eigenvalue weighted by atomic mass is 9.91. The summed E-state index contributed by atoms with van der Waals surface area (Å²) in [6.45, 7) is 10.9. The summed E-state index contributed by atoms with van der Waals surface area (Å²) in [5, 5.41) is 13.5. The van der Waals surface area contributed by atoms with E-state index in [0.29, 0.717) is 36.7 Å². The maximum atomic E-state index is 11.9. The summed E-state index contributed by atoms with van der Waals surface area (Å²) >= 11 is 13.5. The predicted octanol–water partition coefficient (Wildman–Crippen LogP) is 8.88. The van der Waals surface area contributed by atoms with Gasteiger partial charge in [-0.2, -0.15) is 5.10 Å². The van der Waals surface area contributed by atoms with Crippen molar-refractivity contribution in [1.29, 1.82) is 0 Å². The van der Waals surface area contributed by atoms with Crippen LogP contribution in [0.5, 0.6) is 5.75 Å². The summed E-state index contributed by atoms with van der Waals surface area (Å²) in [6, 6.07) is 15.8. The number of anilines is 1. The molecule has 5 rings (SSSR count). The number of carbonyl (C=O) groups is 2. The van der Waals surface area contributed by atoms with Gasteiger partial charge in [-0.3, -0.25) is 14.3 Å². The molecular formula is C39H43Cl2N5O3. The number of carbonyl (C=O) groups excluding carboxylic acids is 2. The highest BCUT2D eigenvalue weighted by Crippen LogP contribution is 2.44.